The average Bonchev–Trinajstić information content (AvgIpc) is 2.86. The van der Waals surface area contributed by atoms with Crippen molar-refractivity contribution >= 4 is 5.78 Å². The van der Waals surface area contributed by atoms with Gasteiger partial charge >= 0.3 is 0 Å². The summed E-state index contributed by atoms with van der Waals surface area (Å²) in [5.74, 6) is 1.74. The van der Waals surface area contributed by atoms with Crippen molar-refractivity contribution < 1.29 is 14.3 Å². The Balaban J connectivity index is 1.76. The molecule has 2 unspecified atom stereocenters. The van der Waals surface area contributed by atoms with E-state index in [4.69, 9.17) is 9.47 Å². The Kier molecular flexibility index (Phi) is 13.6. The lowest BCUT2D eigenvalue weighted by atomic mass is 10.0. The van der Waals surface area contributed by atoms with Gasteiger partial charge in [-0.15, -0.1) is 0 Å². The van der Waals surface area contributed by atoms with E-state index in [1.807, 2.05) is 24.3 Å². The topological polar surface area (TPSA) is 35.5 Å². The van der Waals surface area contributed by atoms with Gasteiger partial charge in [0.2, 0.25) is 0 Å². The average molecular weight is 467 g/mol. The Morgan fingerprint density at radius 2 is 1.29 bits per heavy atom. The summed E-state index contributed by atoms with van der Waals surface area (Å²) < 4.78 is 12.1. The van der Waals surface area contributed by atoms with Gasteiger partial charge in [0, 0.05) is 12.8 Å². The number of ether oxygens (including phenoxy) is 2. The number of benzene rings is 2. The minimum absolute atomic E-state index is 0.230. The maximum absolute atomic E-state index is 12.6. The maximum atomic E-state index is 12.6. The van der Waals surface area contributed by atoms with Crippen LogP contribution >= 0.6 is 0 Å². The molecule has 0 radical (unpaired) electrons. The predicted molar refractivity (Wildman–Crippen MR) is 142 cm³/mol. The van der Waals surface area contributed by atoms with Gasteiger partial charge in [-0.25, -0.2) is 0 Å². The van der Waals surface area contributed by atoms with Crippen molar-refractivity contribution in [2.24, 2.45) is 5.92 Å². The molecule has 0 aliphatic heterocycles. The van der Waals surface area contributed by atoms with Crippen molar-refractivity contribution in [3.05, 3.63) is 65.2 Å². The first-order chi connectivity index (χ1) is 16.6. The number of rotatable bonds is 18. The molecule has 3 nitrogen and oxygen atoms in total. The SMILES string of the molecule is CCCCC(CC)COc1ccc(CC(=O)Cc2ccc(COC(CC)CCCC)cc2)cc1. The van der Waals surface area contributed by atoms with E-state index in [0.717, 1.165) is 42.7 Å². The van der Waals surface area contributed by atoms with Gasteiger partial charge < -0.3 is 9.47 Å². The number of hydrogen-bond donors (Lipinski definition) is 0. The third-order valence-electron chi connectivity index (χ3n) is 6.60. The van der Waals surface area contributed by atoms with Crippen LogP contribution in [0.15, 0.2) is 48.5 Å². The molecule has 2 rings (SSSR count). The van der Waals surface area contributed by atoms with Crippen molar-refractivity contribution in [3.8, 4) is 5.75 Å². The van der Waals surface area contributed by atoms with Crippen molar-refractivity contribution in [1.82, 2.24) is 0 Å². The summed E-state index contributed by atoms with van der Waals surface area (Å²) in [4.78, 5) is 12.6. The molecule has 0 fully saturated rings. The molecule has 0 aliphatic rings. The summed E-state index contributed by atoms with van der Waals surface area (Å²) in [6.07, 6.45) is 10.7. The monoisotopic (exact) mass is 466 g/mol. The zero-order valence-electron chi connectivity index (χ0n) is 22.0. The van der Waals surface area contributed by atoms with Gasteiger partial charge in [-0.2, -0.15) is 0 Å². The van der Waals surface area contributed by atoms with Gasteiger partial charge in [-0.05, 0) is 54.0 Å². The first kappa shape index (κ1) is 28.1. The molecule has 0 aromatic heterocycles. The fourth-order valence-electron chi connectivity index (χ4n) is 4.14. The lowest BCUT2D eigenvalue weighted by molar-refractivity contribution is -0.117. The van der Waals surface area contributed by atoms with Gasteiger partial charge in [0.25, 0.3) is 0 Å². The van der Waals surface area contributed by atoms with E-state index >= 15 is 0 Å². The summed E-state index contributed by atoms with van der Waals surface area (Å²) in [5, 5.41) is 0. The molecule has 2 aromatic carbocycles. The standard InChI is InChI=1S/C31H46O3/c1-5-9-11-25(7-3)23-34-31-19-17-27(18-20-31)22-29(32)21-26-13-15-28(16-14-26)24-33-30(8-4)12-10-6-2/h13-20,25,30H,5-12,21-24H2,1-4H3. The number of hydrogen-bond acceptors (Lipinski definition) is 3. The smallest absolute Gasteiger partial charge is 0.141 e. The van der Waals surface area contributed by atoms with Crippen molar-refractivity contribution in [2.45, 2.75) is 105 Å². The molecule has 0 aliphatic carbocycles. The molecule has 0 saturated heterocycles. The molecule has 2 aromatic rings. The van der Waals surface area contributed by atoms with Crippen LogP contribution in [-0.2, 0) is 29.0 Å². The van der Waals surface area contributed by atoms with Crippen LogP contribution in [0.4, 0.5) is 0 Å². The number of unbranched alkanes of at least 4 members (excludes halogenated alkanes) is 2. The predicted octanol–water partition coefficient (Wildman–Crippen LogP) is 8.12. The van der Waals surface area contributed by atoms with E-state index in [2.05, 4.69) is 52.0 Å². The van der Waals surface area contributed by atoms with E-state index in [1.165, 1.54) is 37.7 Å². The molecule has 188 valence electrons. The number of carbonyl (C=O) groups excluding carboxylic acids is 1. The van der Waals surface area contributed by atoms with E-state index in [0.29, 0.717) is 31.5 Å². The lowest BCUT2D eigenvalue weighted by Gasteiger charge is -2.16. The molecule has 0 heterocycles. The summed E-state index contributed by atoms with van der Waals surface area (Å²) in [6.45, 7) is 10.3. The quantitative estimate of drug-likeness (QED) is 0.222. The normalized spacial score (nSPS) is 12.9. The van der Waals surface area contributed by atoms with Crippen LogP contribution in [0.1, 0.15) is 95.8 Å². The van der Waals surface area contributed by atoms with Crippen molar-refractivity contribution in [3.63, 3.8) is 0 Å². The molecular formula is C31H46O3. The van der Waals surface area contributed by atoms with Gasteiger partial charge in [-0.3, -0.25) is 4.79 Å². The van der Waals surface area contributed by atoms with Gasteiger partial charge in [0.1, 0.15) is 11.5 Å². The summed E-state index contributed by atoms with van der Waals surface area (Å²) in [7, 11) is 0. The molecule has 2 atom stereocenters. The third kappa shape index (κ3) is 10.9. The van der Waals surface area contributed by atoms with E-state index in [-0.39, 0.29) is 5.78 Å². The highest BCUT2D eigenvalue weighted by molar-refractivity contribution is 5.83. The molecule has 34 heavy (non-hydrogen) atoms. The highest BCUT2D eigenvalue weighted by Gasteiger charge is 2.10. The molecule has 0 bridgehead atoms. The van der Waals surface area contributed by atoms with Crippen LogP contribution in [0.25, 0.3) is 0 Å². The van der Waals surface area contributed by atoms with Crippen LogP contribution < -0.4 is 4.74 Å². The Morgan fingerprint density at radius 3 is 1.85 bits per heavy atom. The van der Waals surface area contributed by atoms with E-state index in [9.17, 15) is 4.79 Å². The Bertz CT molecular complexity index is 727. The second-order valence-electron chi connectivity index (χ2n) is 9.56. The number of carbonyl (C=O) groups is 1. The molecule has 3 heteroatoms. The van der Waals surface area contributed by atoms with Crippen LogP contribution in [0, 0.1) is 5.92 Å². The van der Waals surface area contributed by atoms with Gasteiger partial charge in [0.05, 0.1) is 19.3 Å². The molecule has 0 amide bonds. The van der Waals surface area contributed by atoms with Crippen LogP contribution in [-0.4, -0.2) is 18.5 Å². The molecule has 0 N–H and O–H groups in total. The number of Topliss-reactive ketones (excluding diaryl/α,β-unsaturated/α-hetero) is 1. The minimum atomic E-state index is 0.230. The van der Waals surface area contributed by atoms with E-state index in [1.54, 1.807) is 0 Å². The fourth-order valence-corrected chi connectivity index (χ4v) is 4.14. The minimum Gasteiger partial charge on any atom is -0.493 e. The largest absolute Gasteiger partial charge is 0.493 e. The fraction of sp³-hybridized carbons (Fsp3) is 0.581. The van der Waals surface area contributed by atoms with Crippen LogP contribution in [0.5, 0.6) is 5.75 Å². The van der Waals surface area contributed by atoms with Crippen molar-refractivity contribution in [1.29, 1.82) is 0 Å². The van der Waals surface area contributed by atoms with E-state index < -0.39 is 0 Å². The van der Waals surface area contributed by atoms with Gasteiger partial charge in [0.15, 0.2) is 0 Å². The zero-order chi connectivity index (χ0) is 24.6. The zero-order valence-corrected chi connectivity index (χ0v) is 22.0. The first-order valence-corrected chi connectivity index (χ1v) is 13.5. The molecule has 0 saturated carbocycles. The summed E-state index contributed by atoms with van der Waals surface area (Å²) in [5.41, 5.74) is 3.27. The Hall–Kier alpha value is -2.13. The van der Waals surface area contributed by atoms with Gasteiger partial charge in [-0.1, -0.05) is 96.2 Å². The molecule has 0 spiro atoms. The Morgan fingerprint density at radius 1 is 0.735 bits per heavy atom. The lowest BCUT2D eigenvalue weighted by Crippen LogP contribution is -2.11. The van der Waals surface area contributed by atoms with Crippen LogP contribution in [0.3, 0.4) is 0 Å². The number of ketones is 1. The Labute approximate surface area is 208 Å². The summed E-state index contributed by atoms with van der Waals surface area (Å²) in [6, 6.07) is 16.3. The van der Waals surface area contributed by atoms with Crippen LogP contribution in [0.2, 0.25) is 0 Å². The molecular weight excluding hydrogens is 420 g/mol. The highest BCUT2D eigenvalue weighted by atomic mass is 16.5. The first-order valence-electron chi connectivity index (χ1n) is 13.5. The second kappa shape index (κ2) is 16.5. The van der Waals surface area contributed by atoms with Crippen molar-refractivity contribution in [2.75, 3.05) is 6.61 Å². The second-order valence-corrected chi connectivity index (χ2v) is 9.56. The third-order valence-corrected chi connectivity index (χ3v) is 6.60. The summed E-state index contributed by atoms with van der Waals surface area (Å²) >= 11 is 0. The maximum Gasteiger partial charge on any atom is 0.141 e. The highest BCUT2D eigenvalue weighted by Crippen LogP contribution is 2.18.